The Morgan fingerprint density at radius 2 is 1.61 bits per heavy atom. The quantitative estimate of drug-likeness (QED) is 0.760. The highest BCUT2D eigenvalue weighted by molar-refractivity contribution is 6.30. The minimum atomic E-state index is -5.08. The van der Waals surface area contributed by atoms with E-state index in [4.69, 9.17) is 21.5 Å². The van der Waals surface area contributed by atoms with Crippen molar-refractivity contribution in [1.29, 1.82) is 0 Å². The van der Waals surface area contributed by atoms with Crippen LogP contribution in [0, 0.1) is 0 Å². The number of carbonyl (C=O) groups is 3. The van der Waals surface area contributed by atoms with Gasteiger partial charge >= 0.3 is 12.1 Å². The summed E-state index contributed by atoms with van der Waals surface area (Å²) in [6, 6.07) is 3.51. The van der Waals surface area contributed by atoms with Gasteiger partial charge in [-0.2, -0.15) is 13.2 Å². The third kappa shape index (κ3) is 5.35. The average molecular weight is 421 g/mol. The SMILES string of the molecule is CC(=O)N1CCN(C(=O)c2cn3cc(Cl)ccc3n2)CC1.O=C(O)C(F)(F)F. The van der Waals surface area contributed by atoms with Gasteiger partial charge in [-0.15, -0.1) is 0 Å². The monoisotopic (exact) mass is 420 g/mol. The summed E-state index contributed by atoms with van der Waals surface area (Å²) in [4.78, 5) is 40.4. The number of carboxylic acids is 1. The summed E-state index contributed by atoms with van der Waals surface area (Å²) in [5, 5.41) is 7.72. The molecule has 0 spiro atoms. The number of carbonyl (C=O) groups excluding carboxylic acids is 2. The first kappa shape index (κ1) is 21.5. The maximum absolute atomic E-state index is 12.4. The zero-order valence-corrected chi connectivity index (χ0v) is 15.4. The summed E-state index contributed by atoms with van der Waals surface area (Å²) in [7, 11) is 0. The van der Waals surface area contributed by atoms with Gasteiger partial charge in [-0.25, -0.2) is 9.78 Å². The first-order chi connectivity index (χ1) is 13.0. The van der Waals surface area contributed by atoms with Gasteiger partial charge < -0.3 is 19.3 Å². The van der Waals surface area contributed by atoms with E-state index in [1.54, 1.807) is 45.7 Å². The molecular weight excluding hydrogens is 405 g/mol. The van der Waals surface area contributed by atoms with Crippen LogP contribution >= 0.6 is 11.6 Å². The number of alkyl halides is 3. The van der Waals surface area contributed by atoms with Crippen molar-refractivity contribution in [2.75, 3.05) is 26.2 Å². The summed E-state index contributed by atoms with van der Waals surface area (Å²) in [5.74, 6) is -2.82. The highest BCUT2D eigenvalue weighted by atomic mass is 35.5. The fourth-order valence-corrected chi connectivity index (χ4v) is 2.62. The van der Waals surface area contributed by atoms with Crippen LogP contribution in [0.15, 0.2) is 24.5 Å². The number of aromatic nitrogens is 2. The molecule has 0 aromatic carbocycles. The summed E-state index contributed by atoms with van der Waals surface area (Å²) < 4.78 is 33.5. The van der Waals surface area contributed by atoms with Crippen molar-refractivity contribution in [2.24, 2.45) is 0 Å². The first-order valence-electron chi connectivity index (χ1n) is 7.98. The topological polar surface area (TPSA) is 95.2 Å². The standard InChI is InChI=1S/C14H15ClN4O2.C2HF3O2/c1-10(20)17-4-6-18(7-5-17)14(21)12-9-19-8-11(15)2-3-13(19)16-12;3-2(4,5)1(6)7/h2-3,8-9H,4-7H2,1H3;(H,6,7). The van der Waals surface area contributed by atoms with Crippen LogP contribution in [0.5, 0.6) is 0 Å². The number of amides is 2. The van der Waals surface area contributed by atoms with E-state index in [2.05, 4.69) is 4.98 Å². The summed E-state index contributed by atoms with van der Waals surface area (Å²) >= 11 is 5.92. The van der Waals surface area contributed by atoms with E-state index >= 15 is 0 Å². The number of imidazole rings is 1. The first-order valence-corrected chi connectivity index (χ1v) is 8.36. The molecule has 0 radical (unpaired) electrons. The van der Waals surface area contributed by atoms with Gasteiger partial charge in [0.1, 0.15) is 11.3 Å². The van der Waals surface area contributed by atoms with E-state index in [1.807, 2.05) is 0 Å². The normalized spacial score (nSPS) is 14.5. The molecule has 2 amide bonds. The highest BCUT2D eigenvalue weighted by Crippen LogP contribution is 2.14. The van der Waals surface area contributed by atoms with Crippen LogP contribution < -0.4 is 0 Å². The van der Waals surface area contributed by atoms with E-state index in [1.165, 1.54) is 0 Å². The smallest absolute Gasteiger partial charge is 0.475 e. The minimum absolute atomic E-state index is 0.0458. The second-order valence-electron chi connectivity index (χ2n) is 5.84. The number of piperazine rings is 1. The summed E-state index contributed by atoms with van der Waals surface area (Å²) in [5.41, 5.74) is 1.08. The number of hydrogen-bond acceptors (Lipinski definition) is 4. The van der Waals surface area contributed by atoms with Crippen molar-refractivity contribution in [3.8, 4) is 0 Å². The number of carboxylic acid groups (broad SMARTS) is 1. The van der Waals surface area contributed by atoms with Crippen LogP contribution in [0.1, 0.15) is 17.4 Å². The molecule has 1 fully saturated rings. The van der Waals surface area contributed by atoms with Crippen LogP contribution in [0.4, 0.5) is 13.2 Å². The van der Waals surface area contributed by atoms with Gasteiger partial charge in [0, 0.05) is 45.5 Å². The number of fused-ring (bicyclic) bond motifs is 1. The molecule has 3 heterocycles. The number of nitrogens with zero attached hydrogens (tertiary/aromatic N) is 4. The maximum Gasteiger partial charge on any atom is 0.490 e. The fraction of sp³-hybridized carbons (Fsp3) is 0.375. The van der Waals surface area contributed by atoms with E-state index in [-0.39, 0.29) is 11.8 Å². The molecule has 2 aromatic heterocycles. The van der Waals surface area contributed by atoms with Crippen LogP contribution in [0.3, 0.4) is 0 Å². The van der Waals surface area contributed by atoms with E-state index in [0.717, 1.165) is 0 Å². The second kappa shape index (κ2) is 8.46. The number of halogens is 4. The number of pyridine rings is 1. The van der Waals surface area contributed by atoms with Crippen molar-refractivity contribution in [1.82, 2.24) is 19.2 Å². The van der Waals surface area contributed by atoms with Crippen molar-refractivity contribution >= 4 is 35.0 Å². The molecule has 3 rings (SSSR count). The largest absolute Gasteiger partial charge is 0.490 e. The molecule has 1 aliphatic rings. The second-order valence-corrected chi connectivity index (χ2v) is 6.28. The van der Waals surface area contributed by atoms with Crippen LogP contribution in [-0.4, -0.2) is 74.4 Å². The van der Waals surface area contributed by atoms with Gasteiger partial charge in [-0.1, -0.05) is 11.6 Å². The minimum Gasteiger partial charge on any atom is -0.475 e. The molecule has 0 saturated carbocycles. The molecule has 28 heavy (non-hydrogen) atoms. The molecule has 0 atom stereocenters. The molecule has 0 bridgehead atoms. The van der Waals surface area contributed by atoms with Crippen LogP contribution in [0.2, 0.25) is 5.02 Å². The van der Waals surface area contributed by atoms with Crippen LogP contribution in [-0.2, 0) is 9.59 Å². The van der Waals surface area contributed by atoms with E-state index in [0.29, 0.717) is 42.5 Å². The Morgan fingerprint density at radius 3 is 2.11 bits per heavy atom. The molecule has 1 saturated heterocycles. The fourth-order valence-electron chi connectivity index (χ4n) is 2.45. The lowest BCUT2D eigenvalue weighted by Gasteiger charge is -2.33. The van der Waals surface area contributed by atoms with Gasteiger partial charge in [0.2, 0.25) is 5.91 Å². The molecule has 1 aliphatic heterocycles. The molecular formula is C16H16ClF3N4O4. The zero-order chi connectivity index (χ0) is 21.1. The van der Waals surface area contributed by atoms with Gasteiger partial charge in [-0.05, 0) is 12.1 Å². The van der Waals surface area contributed by atoms with Crippen molar-refractivity contribution in [3.05, 3.63) is 35.2 Å². The zero-order valence-electron chi connectivity index (χ0n) is 14.6. The lowest BCUT2D eigenvalue weighted by atomic mass is 10.3. The molecule has 0 unspecified atom stereocenters. The Balaban J connectivity index is 0.000000345. The van der Waals surface area contributed by atoms with Crippen molar-refractivity contribution < 1.29 is 32.7 Å². The Labute approximate surface area is 162 Å². The molecule has 12 heteroatoms. The Kier molecular flexibility index (Phi) is 6.49. The number of aliphatic carboxylic acids is 1. The Bertz CT molecular complexity index is 892. The lowest BCUT2D eigenvalue weighted by Crippen LogP contribution is -2.50. The van der Waals surface area contributed by atoms with E-state index in [9.17, 15) is 22.8 Å². The van der Waals surface area contributed by atoms with Crippen LogP contribution in [0.25, 0.3) is 5.65 Å². The predicted octanol–water partition coefficient (Wildman–Crippen LogP) is 1.93. The summed E-state index contributed by atoms with van der Waals surface area (Å²) in [6.07, 6.45) is -1.69. The van der Waals surface area contributed by atoms with E-state index < -0.39 is 12.1 Å². The predicted molar refractivity (Wildman–Crippen MR) is 92.1 cm³/mol. The molecule has 2 aromatic rings. The Morgan fingerprint density at radius 1 is 1.07 bits per heavy atom. The third-order valence-electron chi connectivity index (χ3n) is 3.89. The maximum atomic E-state index is 12.4. The van der Waals surface area contributed by atoms with Gasteiger partial charge in [0.25, 0.3) is 5.91 Å². The van der Waals surface area contributed by atoms with Gasteiger partial charge in [0.05, 0.1) is 5.02 Å². The molecule has 152 valence electrons. The summed E-state index contributed by atoms with van der Waals surface area (Å²) in [6.45, 7) is 3.75. The van der Waals surface area contributed by atoms with Crippen molar-refractivity contribution in [3.63, 3.8) is 0 Å². The number of rotatable bonds is 1. The van der Waals surface area contributed by atoms with Crippen molar-refractivity contribution in [2.45, 2.75) is 13.1 Å². The van der Waals surface area contributed by atoms with Gasteiger partial charge in [0.15, 0.2) is 0 Å². The Hall–Kier alpha value is -2.82. The third-order valence-corrected chi connectivity index (χ3v) is 4.11. The highest BCUT2D eigenvalue weighted by Gasteiger charge is 2.38. The molecule has 1 N–H and O–H groups in total. The molecule has 8 nitrogen and oxygen atoms in total. The number of hydrogen-bond donors (Lipinski definition) is 1. The lowest BCUT2D eigenvalue weighted by molar-refractivity contribution is -0.192. The molecule has 0 aliphatic carbocycles. The average Bonchev–Trinajstić information content (AvgIpc) is 3.04. The van der Waals surface area contributed by atoms with Gasteiger partial charge in [-0.3, -0.25) is 9.59 Å².